The van der Waals surface area contributed by atoms with Crippen molar-refractivity contribution >= 4 is 35.6 Å². The lowest BCUT2D eigenvalue weighted by Crippen LogP contribution is -2.38. The van der Waals surface area contributed by atoms with E-state index in [9.17, 15) is 19.2 Å². The van der Waals surface area contributed by atoms with E-state index in [2.05, 4.69) is 10.6 Å². The molecule has 0 aliphatic carbocycles. The summed E-state index contributed by atoms with van der Waals surface area (Å²) in [5.41, 5.74) is 3.02. The van der Waals surface area contributed by atoms with Gasteiger partial charge in [-0.3, -0.25) is 9.59 Å². The smallest absolute Gasteiger partial charge is 0.335 e. The van der Waals surface area contributed by atoms with Crippen molar-refractivity contribution < 1.29 is 28.7 Å². The number of anilines is 1. The number of imide groups is 1. The Morgan fingerprint density at radius 1 is 1.06 bits per heavy atom. The number of aryl methyl sites for hydroxylation is 2. The molecule has 9 nitrogen and oxygen atoms in total. The second-order valence-electron chi connectivity index (χ2n) is 7.78. The van der Waals surface area contributed by atoms with E-state index in [1.165, 1.54) is 12.1 Å². The molecule has 1 aromatic heterocycles. The molecular weight excluding hydrogens is 438 g/mol. The van der Waals surface area contributed by atoms with Gasteiger partial charge in [-0.15, -0.1) is 0 Å². The Balaban J connectivity index is 1.47. The van der Waals surface area contributed by atoms with Crippen LogP contribution in [-0.2, 0) is 9.59 Å². The highest BCUT2D eigenvalue weighted by Gasteiger charge is 2.35. The van der Waals surface area contributed by atoms with Gasteiger partial charge >= 0.3 is 12.0 Å². The summed E-state index contributed by atoms with van der Waals surface area (Å²) in [4.78, 5) is 49.3. The van der Waals surface area contributed by atoms with Crippen molar-refractivity contribution in [1.82, 2.24) is 10.2 Å². The molecule has 3 aromatic rings. The van der Waals surface area contributed by atoms with Gasteiger partial charge in [-0.05, 0) is 55.3 Å². The third-order valence-corrected chi connectivity index (χ3v) is 5.34. The molecular formula is C25H21N3O6. The van der Waals surface area contributed by atoms with E-state index >= 15 is 0 Å². The second-order valence-corrected chi connectivity index (χ2v) is 7.78. The van der Waals surface area contributed by atoms with E-state index in [1.54, 1.807) is 43.3 Å². The van der Waals surface area contributed by atoms with Crippen LogP contribution in [0.5, 0.6) is 0 Å². The normalized spacial score (nSPS) is 14.4. The fourth-order valence-electron chi connectivity index (χ4n) is 3.55. The third-order valence-electron chi connectivity index (χ3n) is 5.34. The maximum atomic E-state index is 12.7. The van der Waals surface area contributed by atoms with Gasteiger partial charge in [0.15, 0.2) is 0 Å². The monoisotopic (exact) mass is 459 g/mol. The van der Waals surface area contributed by atoms with Gasteiger partial charge in [0.1, 0.15) is 23.8 Å². The molecule has 1 aliphatic rings. The first-order valence-electron chi connectivity index (χ1n) is 10.4. The Morgan fingerprint density at radius 2 is 1.82 bits per heavy atom. The molecule has 1 aliphatic heterocycles. The minimum absolute atomic E-state index is 0.0208. The van der Waals surface area contributed by atoms with Crippen LogP contribution in [0.3, 0.4) is 0 Å². The molecule has 1 fully saturated rings. The Bertz CT molecular complexity index is 1350. The van der Waals surface area contributed by atoms with Gasteiger partial charge in [0.25, 0.3) is 5.91 Å². The Hall–Kier alpha value is -4.66. The molecule has 0 unspecified atom stereocenters. The first-order valence-corrected chi connectivity index (χ1v) is 10.4. The Morgan fingerprint density at radius 3 is 2.53 bits per heavy atom. The van der Waals surface area contributed by atoms with Crippen LogP contribution in [0.1, 0.15) is 27.2 Å². The molecule has 34 heavy (non-hydrogen) atoms. The zero-order valence-corrected chi connectivity index (χ0v) is 18.4. The van der Waals surface area contributed by atoms with Crippen molar-refractivity contribution in [3.05, 3.63) is 82.7 Å². The SMILES string of the molecule is Cc1ccccc1NC(=O)CN1C(=O)NC(=Cc2ccc(-c3ccc(C(=O)O)cc3C)o2)C1=O. The summed E-state index contributed by atoms with van der Waals surface area (Å²) in [6, 6.07) is 14.4. The number of carbonyl (C=O) groups is 4. The van der Waals surface area contributed by atoms with Crippen LogP contribution in [0.2, 0.25) is 0 Å². The molecule has 0 bridgehead atoms. The van der Waals surface area contributed by atoms with Gasteiger partial charge in [-0.1, -0.05) is 24.3 Å². The van der Waals surface area contributed by atoms with Crippen molar-refractivity contribution in [2.24, 2.45) is 0 Å². The number of carbonyl (C=O) groups excluding carboxylic acids is 3. The molecule has 4 amide bonds. The molecule has 0 spiro atoms. The molecule has 0 atom stereocenters. The highest BCUT2D eigenvalue weighted by atomic mass is 16.4. The number of hydrogen-bond acceptors (Lipinski definition) is 5. The summed E-state index contributed by atoms with van der Waals surface area (Å²) >= 11 is 0. The number of benzene rings is 2. The van der Waals surface area contributed by atoms with E-state index in [-0.39, 0.29) is 11.3 Å². The number of nitrogens with zero attached hydrogens (tertiary/aromatic N) is 1. The maximum Gasteiger partial charge on any atom is 0.335 e. The zero-order valence-electron chi connectivity index (χ0n) is 18.4. The summed E-state index contributed by atoms with van der Waals surface area (Å²) in [6.07, 6.45) is 1.38. The number of carboxylic acid groups (broad SMARTS) is 1. The van der Waals surface area contributed by atoms with Crippen LogP contribution in [-0.4, -0.2) is 40.4 Å². The van der Waals surface area contributed by atoms with Crippen LogP contribution in [0, 0.1) is 13.8 Å². The standard InChI is InChI=1S/C25H21N3O6/c1-14-5-3-4-6-19(14)26-22(29)13-28-23(30)20(27-25(28)33)12-17-8-10-21(34-17)18-9-7-16(24(31)32)11-15(18)2/h3-12H,13H2,1-2H3,(H,26,29)(H,27,33)(H,31,32). The first-order chi connectivity index (χ1) is 16.2. The van der Waals surface area contributed by atoms with Crippen LogP contribution < -0.4 is 10.6 Å². The summed E-state index contributed by atoms with van der Waals surface area (Å²) in [7, 11) is 0. The number of hydrogen-bond donors (Lipinski definition) is 3. The largest absolute Gasteiger partial charge is 0.478 e. The molecule has 9 heteroatoms. The van der Waals surface area contributed by atoms with E-state index in [1.807, 2.05) is 19.1 Å². The molecule has 1 saturated heterocycles. The van der Waals surface area contributed by atoms with Gasteiger partial charge < -0.3 is 20.2 Å². The third kappa shape index (κ3) is 4.58. The molecule has 4 rings (SSSR count). The van der Waals surface area contributed by atoms with Gasteiger partial charge in [-0.2, -0.15) is 0 Å². The van der Waals surface area contributed by atoms with Gasteiger partial charge in [-0.25, -0.2) is 14.5 Å². The number of nitrogens with one attached hydrogen (secondary N) is 2. The van der Waals surface area contributed by atoms with Crippen LogP contribution in [0.25, 0.3) is 17.4 Å². The molecule has 2 heterocycles. The quantitative estimate of drug-likeness (QED) is 0.380. The van der Waals surface area contributed by atoms with E-state index in [0.717, 1.165) is 10.5 Å². The Kier molecular flexibility index (Phi) is 6.01. The fourth-order valence-corrected chi connectivity index (χ4v) is 3.55. The number of aromatic carboxylic acids is 1. The lowest BCUT2D eigenvalue weighted by molar-refractivity contribution is -0.127. The maximum absolute atomic E-state index is 12.7. The lowest BCUT2D eigenvalue weighted by atomic mass is 10.0. The van der Waals surface area contributed by atoms with Crippen molar-refractivity contribution in [3.63, 3.8) is 0 Å². The summed E-state index contributed by atoms with van der Waals surface area (Å²) in [5, 5.41) is 14.3. The van der Waals surface area contributed by atoms with Crippen molar-refractivity contribution in [2.75, 3.05) is 11.9 Å². The number of rotatable bonds is 6. The predicted molar refractivity (Wildman–Crippen MR) is 124 cm³/mol. The molecule has 172 valence electrons. The highest BCUT2D eigenvalue weighted by Crippen LogP contribution is 2.27. The van der Waals surface area contributed by atoms with Gasteiger partial charge in [0.2, 0.25) is 5.91 Å². The van der Waals surface area contributed by atoms with Gasteiger partial charge in [0.05, 0.1) is 5.56 Å². The van der Waals surface area contributed by atoms with E-state index in [4.69, 9.17) is 9.52 Å². The minimum atomic E-state index is -1.02. The molecule has 0 radical (unpaired) electrons. The number of para-hydroxylation sites is 1. The van der Waals surface area contributed by atoms with Crippen LogP contribution in [0.4, 0.5) is 10.5 Å². The number of carboxylic acids is 1. The van der Waals surface area contributed by atoms with E-state index in [0.29, 0.717) is 28.3 Å². The average Bonchev–Trinajstić information content (AvgIpc) is 3.35. The second kappa shape index (κ2) is 9.07. The summed E-state index contributed by atoms with van der Waals surface area (Å²) < 4.78 is 5.78. The predicted octanol–water partition coefficient (Wildman–Crippen LogP) is 3.79. The van der Waals surface area contributed by atoms with Crippen molar-refractivity contribution in [3.8, 4) is 11.3 Å². The lowest BCUT2D eigenvalue weighted by Gasteiger charge is -2.13. The van der Waals surface area contributed by atoms with Crippen LogP contribution in [0.15, 0.2) is 64.7 Å². The molecule has 0 saturated carbocycles. The van der Waals surface area contributed by atoms with Crippen molar-refractivity contribution in [2.45, 2.75) is 13.8 Å². The summed E-state index contributed by atoms with van der Waals surface area (Å²) in [5.74, 6) is -1.38. The number of amides is 4. The topological polar surface area (TPSA) is 129 Å². The Labute approximate surface area is 194 Å². The first kappa shape index (κ1) is 22.5. The van der Waals surface area contributed by atoms with E-state index < -0.39 is 30.4 Å². The zero-order chi connectivity index (χ0) is 24.4. The average molecular weight is 459 g/mol. The number of furan rings is 1. The van der Waals surface area contributed by atoms with Gasteiger partial charge in [0, 0.05) is 17.3 Å². The fraction of sp³-hybridized carbons (Fsp3) is 0.120. The summed E-state index contributed by atoms with van der Waals surface area (Å²) in [6.45, 7) is 3.17. The van der Waals surface area contributed by atoms with Crippen LogP contribution >= 0.6 is 0 Å². The molecule has 2 aromatic carbocycles. The van der Waals surface area contributed by atoms with Crippen molar-refractivity contribution in [1.29, 1.82) is 0 Å². The minimum Gasteiger partial charge on any atom is -0.478 e. The molecule has 3 N–H and O–H groups in total. The highest BCUT2D eigenvalue weighted by molar-refractivity contribution is 6.15. The number of urea groups is 1.